The van der Waals surface area contributed by atoms with Gasteiger partial charge in [0, 0.05) is 4.47 Å². The van der Waals surface area contributed by atoms with Gasteiger partial charge < -0.3 is 0 Å². The molecule has 0 aromatic heterocycles. The molecule has 0 heterocycles. The fourth-order valence-electron chi connectivity index (χ4n) is 1.27. The molecule has 0 amide bonds. The van der Waals surface area contributed by atoms with Crippen molar-refractivity contribution < 1.29 is 0 Å². The summed E-state index contributed by atoms with van der Waals surface area (Å²) in [6.07, 6.45) is 6.64. The topological polar surface area (TPSA) is 23.8 Å². The third kappa shape index (κ3) is 7.45. The van der Waals surface area contributed by atoms with E-state index in [1.807, 2.05) is 31.2 Å². The van der Waals surface area contributed by atoms with Crippen molar-refractivity contribution in [3.8, 4) is 6.07 Å². The van der Waals surface area contributed by atoms with Crippen molar-refractivity contribution in [2.24, 2.45) is 0 Å². The molecule has 0 spiro atoms. The minimum absolute atomic E-state index is 0.686. The van der Waals surface area contributed by atoms with Gasteiger partial charge in [0.1, 0.15) is 0 Å². The number of unbranched alkanes of at least 4 members (excludes halogenated alkanes) is 1. The monoisotopic (exact) mass is 285 g/mol. The molecule has 3 heteroatoms. The summed E-state index contributed by atoms with van der Waals surface area (Å²) in [5, 5.41) is 9.98. The second kappa shape index (κ2) is 10.7. The molecule has 0 atom stereocenters. The molecule has 0 aliphatic carbocycles. The Balaban J connectivity index is 0.000000437. The second-order valence-electron chi connectivity index (χ2n) is 3.70. The first-order valence-electron chi connectivity index (χ1n) is 6.01. The average Bonchev–Trinajstić information content (AvgIpc) is 2.34. The van der Waals surface area contributed by atoms with Crippen LogP contribution in [0.25, 0.3) is 6.08 Å². The van der Waals surface area contributed by atoms with Gasteiger partial charge >= 0.3 is 42.6 Å². The van der Waals surface area contributed by atoms with Crippen molar-refractivity contribution in [3.05, 3.63) is 39.9 Å². The normalized spacial score (nSPS) is 9.65. The summed E-state index contributed by atoms with van der Waals surface area (Å²) in [5.41, 5.74) is 1.72. The summed E-state index contributed by atoms with van der Waals surface area (Å²) in [7, 11) is 0. The van der Waals surface area contributed by atoms with Gasteiger partial charge in [-0.3, -0.25) is 0 Å². The first kappa shape index (κ1) is 16.5. The molecule has 0 saturated carbocycles. The Bertz CT molecular complexity index is 392. The Kier molecular flexibility index (Phi) is 10.4. The van der Waals surface area contributed by atoms with E-state index in [0.717, 1.165) is 10.0 Å². The quantitative estimate of drug-likeness (QED) is 0.737. The van der Waals surface area contributed by atoms with Crippen LogP contribution in [-0.2, 0) is 0 Å². The molecule has 0 fully saturated rings. The third-order valence-corrected chi connectivity index (χ3v) is 2.90. The zero-order valence-electron chi connectivity index (χ0n) is 10.8. The number of hydrogen-bond acceptors (Lipinski definition) is 1. The average molecular weight is 286 g/mol. The van der Waals surface area contributed by atoms with Gasteiger partial charge in [0.05, 0.1) is 11.6 Å². The van der Waals surface area contributed by atoms with Crippen molar-refractivity contribution in [1.29, 1.82) is 5.26 Å². The number of rotatable bonds is 3. The van der Waals surface area contributed by atoms with Crippen LogP contribution < -0.4 is 0 Å². The van der Waals surface area contributed by atoms with Gasteiger partial charge in [0.15, 0.2) is 0 Å². The Morgan fingerprint density at radius 1 is 1.47 bits per heavy atom. The van der Waals surface area contributed by atoms with Gasteiger partial charge in [-0.15, -0.1) is 0 Å². The molecule has 0 bridgehead atoms. The van der Waals surface area contributed by atoms with Gasteiger partial charge in [-0.05, 0) is 30.7 Å². The first-order chi connectivity index (χ1) is 8.19. The zero-order chi connectivity index (χ0) is 13.1. The van der Waals surface area contributed by atoms with E-state index in [2.05, 4.69) is 46.6 Å². The van der Waals surface area contributed by atoms with Crippen molar-refractivity contribution in [3.63, 3.8) is 0 Å². The molecule has 1 nitrogen and oxygen atoms in total. The van der Waals surface area contributed by atoms with Crippen molar-refractivity contribution in [2.45, 2.75) is 31.8 Å². The molecular weight excluding hydrogens is 269 g/mol. The summed E-state index contributed by atoms with van der Waals surface area (Å²) in [6, 6.07) is 7.62. The molecule has 17 heavy (non-hydrogen) atoms. The SMILES string of the molecule is CC=Cc1cc(C#N)ccc1Br.[Li][CH2]CCC. The van der Waals surface area contributed by atoms with E-state index in [1.165, 1.54) is 17.9 Å². The summed E-state index contributed by atoms with van der Waals surface area (Å²) < 4.78 is 1.01. The van der Waals surface area contributed by atoms with Gasteiger partial charge in [-0.25, -0.2) is 0 Å². The standard InChI is InChI=1S/C10H8BrN.C4H9.Li/c1-2-3-9-6-8(7-12)4-5-10(9)11;1-3-4-2;/h2-6H,1H3;1,3-4H2,2H3;. The van der Waals surface area contributed by atoms with E-state index in [4.69, 9.17) is 5.26 Å². The zero-order valence-corrected chi connectivity index (χ0v) is 12.4. The van der Waals surface area contributed by atoms with E-state index in [0.29, 0.717) is 5.56 Å². The van der Waals surface area contributed by atoms with Crippen LogP contribution in [0.5, 0.6) is 0 Å². The van der Waals surface area contributed by atoms with Crippen LogP contribution in [0.3, 0.4) is 0 Å². The molecule has 1 aromatic rings. The maximum absolute atomic E-state index is 8.63. The Labute approximate surface area is 122 Å². The van der Waals surface area contributed by atoms with E-state index in [-0.39, 0.29) is 0 Å². The maximum atomic E-state index is 8.63. The molecule has 0 aliphatic rings. The van der Waals surface area contributed by atoms with E-state index < -0.39 is 0 Å². The van der Waals surface area contributed by atoms with Crippen LogP contribution in [-0.4, -0.2) is 17.7 Å². The molecule has 86 valence electrons. The third-order valence-electron chi connectivity index (χ3n) is 2.18. The summed E-state index contributed by atoms with van der Waals surface area (Å²) in [6.45, 7) is 4.16. The van der Waals surface area contributed by atoms with Crippen LogP contribution in [0, 0.1) is 11.3 Å². The Morgan fingerprint density at radius 2 is 2.18 bits per heavy atom. The molecule has 0 aliphatic heterocycles. The van der Waals surface area contributed by atoms with E-state index >= 15 is 0 Å². The Morgan fingerprint density at radius 3 is 2.59 bits per heavy atom. The summed E-state index contributed by atoms with van der Waals surface area (Å²) in [5.74, 6) is 0. The Hall–Kier alpha value is -0.473. The van der Waals surface area contributed by atoms with E-state index in [9.17, 15) is 0 Å². The van der Waals surface area contributed by atoms with Crippen LogP contribution in [0.4, 0.5) is 0 Å². The molecular formula is C14H17BrLiN. The van der Waals surface area contributed by atoms with Crippen LogP contribution in [0.1, 0.15) is 37.8 Å². The fraction of sp³-hybridized carbons (Fsp3) is 0.357. The number of nitriles is 1. The number of benzene rings is 1. The van der Waals surface area contributed by atoms with Gasteiger partial charge in [-0.1, -0.05) is 28.1 Å². The molecule has 0 saturated heterocycles. The van der Waals surface area contributed by atoms with Gasteiger partial charge in [0.2, 0.25) is 0 Å². The minimum atomic E-state index is 0.686. The van der Waals surface area contributed by atoms with Gasteiger partial charge in [-0.2, -0.15) is 5.26 Å². The predicted octanol–water partition coefficient (Wildman–Crippen LogP) is 4.73. The molecule has 0 radical (unpaired) electrons. The molecule has 0 N–H and O–H groups in total. The molecule has 0 unspecified atom stereocenters. The fourth-order valence-corrected chi connectivity index (χ4v) is 1.65. The number of allylic oxidation sites excluding steroid dienone is 1. The van der Waals surface area contributed by atoms with Crippen LogP contribution in [0.15, 0.2) is 28.7 Å². The number of halogens is 1. The van der Waals surface area contributed by atoms with Gasteiger partial charge in [0.25, 0.3) is 0 Å². The first-order valence-corrected chi connectivity index (χ1v) is 6.81. The number of nitrogens with zero attached hydrogens (tertiary/aromatic N) is 1. The summed E-state index contributed by atoms with van der Waals surface area (Å²) >= 11 is 5.61. The van der Waals surface area contributed by atoms with Crippen LogP contribution >= 0.6 is 15.9 Å². The van der Waals surface area contributed by atoms with Crippen LogP contribution in [0.2, 0.25) is 5.09 Å². The van der Waals surface area contributed by atoms with E-state index in [1.54, 1.807) is 6.07 Å². The van der Waals surface area contributed by atoms with Crippen molar-refractivity contribution in [2.75, 3.05) is 0 Å². The predicted molar refractivity (Wildman–Crippen MR) is 79.0 cm³/mol. The molecule has 1 aromatic carbocycles. The summed E-state index contributed by atoms with van der Waals surface area (Å²) in [4.78, 5) is 0. The second-order valence-corrected chi connectivity index (χ2v) is 4.56. The van der Waals surface area contributed by atoms with Crippen molar-refractivity contribution >= 4 is 39.7 Å². The number of hydrogen-bond donors (Lipinski definition) is 0. The molecule has 1 rings (SSSR count). The van der Waals surface area contributed by atoms with Crippen molar-refractivity contribution in [1.82, 2.24) is 0 Å².